The lowest BCUT2D eigenvalue weighted by Crippen LogP contribution is -2.56. The van der Waals surface area contributed by atoms with Gasteiger partial charge in [-0.1, -0.05) is 35.3 Å². The highest BCUT2D eigenvalue weighted by atomic mass is 35.5. The van der Waals surface area contributed by atoms with Crippen molar-refractivity contribution >= 4 is 29.2 Å². The van der Waals surface area contributed by atoms with E-state index in [0.29, 0.717) is 22.0 Å². The number of piperazine rings is 1. The average molecular weight is 453 g/mol. The first-order chi connectivity index (χ1) is 14.5. The number of hydrogen-bond acceptors (Lipinski definition) is 3. The Hall–Kier alpha value is -1.01. The number of nitrogens with zero attached hydrogens (tertiary/aromatic N) is 2. The van der Waals surface area contributed by atoms with Gasteiger partial charge in [-0.25, -0.2) is 4.79 Å². The molecular weight excluding hydrogens is 419 g/mol. The van der Waals surface area contributed by atoms with Crippen LogP contribution in [0, 0.1) is 5.92 Å². The van der Waals surface area contributed by atoms with Crippen molar-refractivity contribution in [2.24, 2.45) is 5.92 Å². The molecule has 3 aliphatic rings. The van der Waals surface area contributed by atoms with Gasteiger partial charge in [-0.2, -0.15) is 0 Å². The zero-order valence-electron chi connectivity index (χ0n) is 17.9. The third kappa shape index (κ3) is 5.07. The maximum absolute atomic E-state index is 12.4. The Labute approximate surface area is 190 Å². The zero-order chi connectivity index (χ0) is 21.1. The molecule has 1 aromatic carbocycles. The van der Waals surface area contributed by atoms with Crippen LogP contribution in [0.25, 0.3) is 0 Å². The molecule has 0 aromatic heterocycles. The molecule has 2 aliphatic heterocycles. The highest BCUT2D eigenvalue weighted by Gasteiger charge is 2.36. The van der Waals surface area contributed by atoms with E-state index in [4.69, 9.17) is 23.2 Å². The van der Waals surface area contributed by atoms with Crippen LogP contribution in [-0.2, 0) is 0 Å². The van der Waals surface area contributed by atoms with Gasteiger partial charge in [0.15, 0.2) is 0 Å². The lowest BCUT2D eigenvalue weighted by atomic mass is 9.74. The smallest absolute Gasteiger partial charge is 0.317 e. The summed E-state index contributed by atoms with van der Waals surface area (Å²) in [5, 5.41) is 8.10. The molecule has 0 spiro atoms. The number of nitrogens with one attached hydrogen (secondary N) is 2. The van der Waals surface area contributed by atoms with E-state index >= 15 is 0 Å². The molecule has 0 radical (unpaired) electrons. The van der Waals surface area contributed by atoms with E-state index in [2.05, 4.69) is 28.5 Å². The first-order valence-corrected chi connectivity index (χ1v) is 12.2. The number of halogens is 2. The fourth-order valence-electron chi connectivity index (χ4n) is 5.09. The summed E-state index contributed by atoms with van der Waals surface area (Å²) in [6, 6.07) is 6.44. The maximum atomic E-state index is 12.4. The van der Waals surface area contributed by atoms with E-state index in [1.54, 1.807) is 0 Å². The molecule has 1 aliphatic carbocycles. The van der Waals surface area contributed by atoms with E-state index in [1.165, 1.54) is 0 Å². The second kappa shape index (κ2) is 9.64. The Morgan fingerprint density at radius 1 is 1.20 bits per heavy atom. The largest absolute Gasteiger partial charge is 0.333 e. The van der Waals surface area contributed by atoms with Gasteiger partial charge in [-0.15, -0.1) is 0 Å². The van der Waals surface area contributed by atoms with Gasteiger partial charge >= 0.3 is 6.03 Å². The van der Waals surface area contributed by atoms with Crippen molar-refractivity contribution in [2.45, 2.75) is 57.0 Å². The lowest BCUT2D eigenvalue weighted by molar-refractivity contribution is 0.116. The highest BCUT2D eigenvalue weighted by Crippen LogP contribution is 2.41. The molecule has 1 unspecified atom stereocenters. The number of hydrogen-bond donors (Lipinski definition) is 2. The Bertz CT molecular complexity index is 741. The fraction of sp³-hybridized carbons (Fsp3) is 0.696. The zero-order valence-corrected chi connectivity index (χ0v) is 19.4. The van der Waals surface area contributed by atoms with Crippen LogP contribution in [0.4, 0.5) is 4.79 Å². The third-order valence-corrected chi connectivity index (χ3v) is 8.08. The van der Waals surface area contributed by atoms with Crippen LogP contribution in [0.2, 0.25) is 10.0 Å². The lowest BCUT2D eigenvalue weighted by Gasteiger charge is -2.43. The van der Waals surface area contributed by atoms with Crippen LogP contribution in [-0.4, -0.2) is 60.6 Å². The van der Waals surface area contributed by atoms with E-state index in [1.807, 2.05) is 17.0 Å². The Morgan fingerprint density at radius 3 is 2.53 bits per heavy atom. The fourth-order valence-corrected chi connectivity index (χ4v) is 5.53. The first kappa shape index (κ1) is 22.2. The average Bonchev–Trinajstić information content (AvgIpc) is 2.69. The molecule has 2 N–H and O–H groups in total. The van der Waals surface area contributed by atoms with Crippen molar-refractivity contribution in [3.63, 3.8) is 0 Å². The molecule has 2 saturated heterocycles. The molecule has 7 heteroatoms. The number of carbonyl (C=O) groups excluding carboxylic acids is 1. The molecule has 4 rings (SSSR count). The van der Waals surface area contributed by atoms with E-state index < -0.39 is 0 Å². The van der Waals surface area contributed by atoms with Crippen LogP contribution < -0.4 is 10.6 Å². The van der Waals surface area contributed by atoms with Crippen LogP contribution in [0.15, 0.2) is 18.2 Å². The summed E-state index contributed by atoms with van der Waals surface area (Å²) in [6.07, 6.45) is 6.57. The Balaban J connectivity index is 1.41. The molecule has 1 saturated carbocycles. The summed E-state index contributed by atoms with van der Waals surface area (Å²) in [5.41, 5.74) is 1.08. The van der Waals surface area contributed by atoms with Gasteiger partial charge in [-0.05, 0) is 63.0 Å². The minimum Gasteiger partial charge on any atom is -0.333 e. The van der Waals surface area contributed by atoms with Crippen molar-refractivity contribution in [2.75, 3.05) is 39.3 Å². The van der Waals surface area contributed by atoms with Gasteiger partial charge < -0.3 is 15.5 Å². The normalized spacial score (nSPS) is 28.6. The minimum absolute atomic E-state index is 0.0819. The number of likely N-dealkylation sites (tertiary alicyclic amines) is 1. The van der Waals surface area contributed by atoms with Crippen LogP contribution in [0.3, 0.4) is 0 Å². The second-order valence-electron chi connectivity index (χ2n) is 9.46. The van der Waals surface area contributed by atoms with Gasteiger partial charge in [0.2, 0.25) is 0 Å². The van der Waals surface area contributed by atoms with E-state index in [-0.39, 0.29) is 11.6 Å². The maximum Gasteiger partial charge on any atom is 0.317 e. The van der Waals surface area contributed by atoms with Gasteiger partial charge in [0.25, 0.3) is 0 Å². The molecule has 0 bridgehead atoms. The standard InChI is InChI=1S/C23H34Cl2N4O/c1-23(27-22(30)29-12-3-13-29)8-6-17(7-9-23)16-20(28-14-10-26-11-15-28)18-4-2-5-19(24)21(18)25/h2,4-5,17,20,26H,3,6-16H2,1H3,(H,27,30). The highest BCUT2D eigenvalue weighted by molar-refractivity contribution is 6.42. The van der Waals surface area contributed by atoms with Crippen molar-refractivity contribution in [3.8, 4) is 0 Å². The molecule has 2 amide bonds. The number of carbonyl (C=O) groups is 1. The number of amides is 2. The monoisotopic (exact) mass is 452 g/mol. The summed E-state index contributed by atoms with van der Waals surface area (Å²) in [5.74, 6) is 0.633. The molecule has 3 fully saturated rings. The molecule has 1 atom stereocenters. The Morgan fingerprint density at radius 2 is 1.90 bits per heavy atom. The van der Waals surface area contributed by atoms with E-state index in [9.17, 15) is 4.79 Å². The predicted octanol–water partition coefficient (Wildman–Crippen LogP) is 4.69. The van der Waals surface area contributed by atoms with E-state index in [0.717, 1.165) is 83.4 Å². The summed E-state index contributed by atoms with van der Waals surface area (Å²) in [4.78, 5) is 16.9. The van der Waals surface area contributed by atoms with Crippen molar-refractivity contribution in [1.29, 1.82) is 0 Å². The molecule has 5 nitrogen and oxygen atoms in total. The number of benzene rings is 1. The molecule has 1 aromatic rings. The van der Waals surface area contributed by atoms with Gasteiger partial charge in [-0.3, -0.25) is 4.90 Å². The first-order valence-electron chi connectivity index (χ1n) is 11.4. The van der Waals surface area contributed by atoms with Crippen LogP contribution >= 0.6 is 23.2 Å². The van der Waals surface area contributed by atoms with Gasteiger partial charge in [0.05, 0.1) is 10.0 Å². The number of urea groups is 1. The molecule has 2 heterocycles. The van der Waals surface area contributed by atoms with Crippen LogP contribution in [0.1, 0.15) is 57.1 Å². The summed E-state index contributed by atoms with van der Waals surface area (Å²) >= 11 is 13.0. The molecular formula is C23H34Cl2N4O. The van der Waals surface area contributed by atoms with Gasteiger partial charge in [0, 0.05) is 50.8 Å². The third-order valence-electron chi connectivity index (χ3n) is 7.25. The van der Waals surface area contributed by atoms with Crippen molar-refractivity contribution in [3.05, 3.63) is 33.8 Å². The topological polar surface area (TPSA) is 47.6 Å². The van der Waals surface area contributed by atoms with Crippen molar-refractivity contribution < 1.29 is 4.79 Å². The summed E-state index contributed by atoms with van der Waals surface area (Å²) < 4.78 is 0. The van der Waals surface area contributed by atoms with Crippen LogP contribution in [0.5, 0.6) is 0 Å². The minimum atomic E-state index is -0.0819. The van der Waals surface area contributed by atoms with Gasteiger partial charge in [0.1, 0.15) is 0 Å². The summed E-state index contributed by atoms with van der Waals surface area (Å²) in [7, 11) is 0. The second-order valence-corrected chi connectivity index (χ2v) is 10.2. The molecule has 166 valence electrons. The quantitative estimate of drug-likeness (QED) is 0.680. The summed E-state index contributed by atoms with van der Waals surface area (Å²) in [6.45, 7) is 8.10. The number of rotatable bonds is 5. The predicted molar refractivity (Wildman–Crippen MR) is 123 cm³/mol. The van der Waals surface area contributed by atoms with Crippen molar-refractivity contribution in [1.82, 2.24) is 20.4 Å². The SMILES string of the molecule is CC1(NC(=O)N2CCC2)CCC(CC(c2cccc(Cl)c2Cl)N2CCNCC2)CC1. The molecule has 30 heavy (non-hydrogen) atoms. The Kier molecular flexibility index (Phi) is 7.13.